The molecule has 0 aliphatic carbocycles. The van der Waals surface area contributed by atoms with Crippen molar-refractivity contribution >= 4 is 35.3 Å². The second kappa shape index (κ2) is 5.61. The highest BCUT2D eigenvalue weighted by atomic mass is 35.5. The van der Waals surface area contributed by atoms with E-state index < -0.39 is 0 Å². The first-order valence-electron chi connectivity index (χ1n) is 5.46. The third-order valence-corrected chi connectivity index (χ3v) is 3.04. The lowest BCUT2D eigenvalue weighted by molar-refractivity contribution is 0.328. The van der Waals surface area contributed by atoms with Crippen LogP contribution in [-0.2, 0) is 4.74 Å². The normalized spacial score (nSPS) is 18.2. The summed E-state index contributed by atoms with van der Waals surface area (Å²) in [4.78, 5) is 6.28. The number of hydrogen-bond acceptors (Lipinski definition) is 3. The largest absolute Gasteiger partial charge is 0.472 e. The maximum Gasteiger partial charge on any atom is 0.273 e. The highest BCUT2D eigenvalue weighted by Crippen LogP contribution is 2.25. The molecule has 0 fully saturated rings. The van der Waals surface area contributed by atoms with Gasteiger partial charge in [0.15, 0.2) is 0 Å². The molecule has 17 heavy (non-hydrogen) atoms. The lowest BCUT2D eigenvalue weighted by Crippen LogP contribution is -2.32. The van der Waals surface area contributed by atoms with Crippen molar-refractivity contribution in [1.82, 2.24) is 0 Å². The predicted octanol–water partition coefficient (Wildman–Crippen LogP) is 3.12. The lowest BCUT2D eigenvalue weighted by Gasteiger charge is -2.25. The Morgan fingerprint density at radius 3 is 2.65 bits per heavy atom. The summed E-state index contributed by atoms with van der Waals surface area (Å²) in [6.07, 6.45) is 2.52. The van der Waals surface area contributed by atoms with Crippen LogP contribution >= 0.6 is 23.2 Å². The van der Waals surface area contributed by atoms with Gasteiger partial charge in [-0.3, -0.25) is 0 Å². The number of halogens is 2. The fourth-order valence-corrected chi connectivity index (χ4v) is 2.28. The summed E-state index contributed by atoms with van der Waals surface area (Å²) in [5.74, 6) is 0. The first kappa shape index (κ1) is 12.5. The van der Waals surface area contributed by atoms with E-state index in [0.717, 1.165) is 18.8 Å². The van der Waals surface area contributed by atoms with Crippen LogP contribution in [-0.4, -0.2) is 32.1 Å². The van der Waals surface area contributed by atoms with Crippen LogP contribution < -0.4 is 4.90 Å². The van der Waals surface area contributed by atoms with Gasteiger partial charge in [0, 0.05) is 28.8 Å². The topological polar surface area (TPSA) is 24.8 Å². The number of hydrogen-bond donors (Lipinski definition) is 0. The van der Waals surface area contributed by atoms with Crippen molar-refractivity contribution in [3.8, 4) is 0 Å². The molecule has 1 heterocycles. The standard InChI is InChI=1S/C12H13Cl2N2O/c1-2-16(6-11-7-17-8-15-11)12-4-9(13)3-10(14)5-12/h3-5,11H,2,6-7H2,1H3. The molecule has 1 radical (unpaired) electrons. The van der Waals surface area contributed by atoms with E-state index in [2.05, 4.69) is 23.2 Å². The Bertz CT molecular complexity index is 403. The van der Waals surface area contributed by atoms with Gasteiger partial charge in [-0.1, -0.05) is 23.2 Å². The van der Waals surface area contributed by atoms with Crippen LogP contribution in [0.4, 0.5) is 5.69 Å². The molecule has 1 unspecified atom stereocenters. The second-order valence-corrected chi connectivity index (χ2v) is 4.72. The van der Waals surface area contributed by atoms with Gasteiger partial charge in [-0.25, -0.2) is 4.99 Å². The maximum absolute atomic E-state index is 6.00. The van der Waals surface area contributed by atoms with Crippen LogP contribution in [0.5, 0.6) is 0 Å². The zero-order valence-corrected chi connectivity index (χ0v) is 11.0. The van der Waals surface area contributed by atoms with Crippen LogP contribution in [0.15, 0.2) is 23.2 Å². The van der Waals surface area contributed by atoms with E-state index in [4.69, 9.17) is 27.9 Å². The molecule has 0 spiro atoms. The molecule has 5 heteroatoms. The summed E-state index contributed by atoms with van der Waals surface area (Å²) in [6, 6.07) is 5.67. The first-order valence-corrected chi connectivity index (χ1v) is 6.22. The van der Waals surface area contributed by atoms with E-state index in [-0.39, 0.29) is 6.04 Å². The van der Waals surface area contributed by atoms with Crippen molar-refractivity contribution in [2.45, 2.75) is 13.0 Å². The molecular weight excluding hydrogens is 259 g/mol. The predicted molar refractivity (Wildman–Crippen MR) is 71.5 cm³/mol. The third-order valence-electron chi connectivity index (χ3n) is 2.60. The van der Waals surface area contributed by atoms with Gasteiger partial charge in [0.25, 0.3) is 6.40 Å². The molecule has 0 saturated heterocycles. The van der Waals surface area contributed by atoms with Gasteiger partial charge in [-0.2, -0.15) is 0 Å². The Morgan fingerprint density at radius 1 is 1.41 bits per heavy atom. The molecule has 0 bridgehead atoms. The summed E-state index contributed by atoms with van der Waals surface area (Å²) >= 11 is 12.0. The summed E-state index contributed by atoms with van der Waals surface area (Å²) in [6.45, 7) is 4.31. The van der Waals surface area contributed by atoms with E-state index >= 15 is 0 Å². The SMILES string of the molecule is CCN(CC1CO[C]=N1)c1cc(Cl)cc(Cl)c1. The number of nitrogens with zero attached hydrogens (tertiary/aromatic N) is 2. The molecule has 91 valence electrons. The summed E-state index contributed by atoms with van der Waals surface area (Å²) in [7, 11) is 0. The van der Waals surface area contributed by atoms with Gasteiger partial charge in [-0.05, 0) is 25.1 Å². The van der Waals surface area contributed by atoms with E-state index in [9.17, 15) is 0 Å². The van der Waals surface area contributed by atoms with E-state index in [0.29, 0.717) is 16.7 Å². The highest BCUT2D eigenvalue weighted by molar-refractivity contribution is 6.35. The highest BCUT2D eigenvalue weighted by Gasteiger charge is 2.17. The smallest absolute Gasteiger partial charge is 0.273 e. The Hall–Kier alpha value is -0.930. The number of rotatable bonds is 4. The lowest BCUT2D eigenvalue weighted by atomic mass is 10.2. The number of likely N-dealkylation sites (N-methyl/N-ethyl adjacent to an activating group) is 1. The quantitative estimate of drug-likeness (QED) is 0.841. The van der Waals surface area contributed by atoms with Gasteiger partial charge in [0.1, 0.15) is 12.6 Å². The zero-order chi connectivity index (χ0) is 12.3. The molecule has 0 amide bonds. The van der Waals surface area contributed by atoms with Crippen LogP contribution in [0.25, 0.3) is 0 Å². The molecular formula is C12H13Cl2N2O. The van der Waals surface area contributed by atoms with Crippen molar-refractivity contribution in [3.63, 3.8) is 0 Å². The molecule has 0 aromatic heterocycles. The fraction of sp³-hybridized carbons (Fsp3) is 0.417. The average Bonchev–Trinajstić information content (AvgIpc) is 2.77. The minimum atomic E-state index is 0.132. The monoisotopic (exact) mass is 271 g/mol. The molecule has 3 nitrogen and oxygen atoms in total. The maximum atomic E-state index is 6.00. The number of anilines is 1. The fourth-order valence-electron chi connectivity index (χ4n) is 1.77. The van der Waals surface area contributed by atoms with Crippen LogP contribution in [0.3, 0.4) is 0 Å². The van der Waals surface area contributed by atoms with Gasteiger partial charge >= 0.3 is 0 Å². The van der Waals surface area contributed by atoms with E-state index in [1.165, 1.54) is 0 Å². The Labute approximate surface area is 111 Å². The van der Waals surface area contributed by atoms with E-state index in [1.807, 2.05) is 12.1 Å². The Morgan fingerprint density at radius 2 is 2.12 bits per heavy atom. The average molecular weight is 272 g/mol. The van der Waals surface area contributed by atoms with Crippen molar-refractivity contribution in [2.75, 3.05) is 24.6 Å². The van der Waals surface area contributed by atoms with Crippen LogP contribution in [0.2, 0.25) is 10.0 Å². The first-order chi connectivity index (χ1) is 8.19. The third kappa shape index (κ3) is 3.27. The van der Waals surface area contributed by atoms with Crippen molar-refractivity contribution in [2.24, 2.45) is 4.99 Å². The number of benzene rings is 1. The zero-order valence-electron chi connectivity index (χ0n) is 9.49. The minimum Gasteiger partial charge on any atom is -0.472 e. The van der Waals surface area contributed by atoms with Crippen molar-refractivity contribution in [1.29, 1.82) is 0 Å². The van der Waals surface area contributed by atoms with Gasteiger partial charge in [0.05, 0.1) is 0 Å². The van der Waals surface area contributed by atoms with Crippen molar-refractivity contribution < 1.29 is 4.74 Å². The van der Waals surface area contributed by atoms with Gasteiger partial charge in [0.2, 0.25) is 0 Å². The molecule has 1 atom stereocenters. The number of ether oxygens (including phenoxy) is 1. The molecule has 1 aromatic carbocycles. The van der Waals surface area contributed by atoms with Crippen molar-refractivity contribution in [3.05, 3.63) is 28.2 Å². The second-order valence-electron chi connectivity index (χ2n) is 3.85. The molecule has 1 aliphatic rings. The van der Waals surface area contributed by atoms with Crippen LogP contribution in [0, 0.1) is 0 Å². The van der Waals surface area contributed by atoms with Gasteiger partial charge in [-0.15, -0.1) is 0 Å². The van der Waals surface area contributed by atoms with Gasteiger partial charge < -0.3 is 9.64 Å². The van der Waals surface area contributed by atoms with Crippen LogP contribution in [0.1, 0.15) is 6.92 Å². The Balaban J connectivity index is 2.13. The number of aliphatic imine (C=N–C) groups is 1. The Kier molecular flexibility index (Phi) is 4.13. The minimum absolute atomic E-state index is 0.132. The summed E-state index contributed by atoms with van der Waals surface area (Å²) < 4.78 is 4.99. The van der Waals surface area contributed by atoms with E-state index in [1.54, 1.807) is 6.07 Å². The molecule has 1 aliphatic heterocycles. The summed E-state index contributed by atoms with van der Waals surface area (Å²) in [5, 5.41) is 1.28. The molecule has 0 saturated carbocycles. The molecule has 2 rings (SSSR count). The molecule has 0 N–H and O–H groups in total. The molecule has 1 aromatic rings. The summed E-state index contributed by atoms with van der Waals surface area (Å²) in [5.41, 5.74) is 1.01.